The summed E-state index contributed by atoms with van der Waals surface area (Å²) in [5.41, 5.74) is 7.34. The van der Waals surface area contributed by atoms with E-state index in [1.807, 2.05) is 0 Å². The maximum Gasteiger partial charge on any atom is 0.209 e. The molecule has 0 atom stereocenters. The van der Waals surface area contributed by atoms with Crippen LogP contribution in [0.2, 0.25) is 0 Å². The second-order valence-electron chi connectivity index (χ2n) is 4.01. The van der Waals surface area contributed by atoms with Gasteiger partial charge in [-0.25, -0.2) is 13.6 Å². The summed E-state index contributed by atoms with van der Waals surface area (Å²) in [6.45, 7) is 1.92. The van der Waals surface area contributed by atoms with Gasteiger partial charge in [-0.05, 0) is 31.5 Å². The molecule has 0 amide bonds. The molecule has 7 heteroatoms. The van der Waals surface area contributed by atoms with Crippen LogP contribution in [-0.2, 0) is 10.0 Å². The number of hydrogen-bond donors (Lipinski definition) is 3. The number of nitrogen functional groups attached to an aromatic ring is 1. The monoisotopic (exact) mass is 271 g/mol. The minimum absolute atomic E-state index is 0.0684. The minimum Gasteiger partial charge on any atom is -0.398 e. The molecule has 1 rings (SSSR count). The number of ketones is 1. The molecule has 0 unspecified atom stereocenters. The molecule has 18 heavy (non-hydrogen) atoms. The summed E-state index contributed by atoms with van der Waals surface area (Å²) in [4.78, 5) is 11.2. The predicted octanol–water partition coefficient (Wildman–Crippen LogP) is 0.562. The van der Waals surface area contributed by atoms with Gasteiger partial charge in [0.05, 0.1) is 5.75 Å². The van der Waals surface area contributed by atoms with Gasteiger partial charge in [0.1, 0.15) is 0 Å². The Bertz CT molecular complexity index is 540. The Hall–Kier alpha value is -1.60. The molecular weight excluding hydrogens is 254 g/mol. The first-order valence-electron chi connectivity index (χ1n) is 5.44. The predicted molar refractivity (Wildman–Crippen MR) is 71.9 cm³/mol. The molecule has 0 spiro atoms. The van der Waals surface area contributed by atoms with Gasteiger partial charge in [-0.3, -0.25) is 4.79 Å². The fourth-order valence-electron chi connectivity index (χ4n) is 1.50. The number of anilines is 2. The summed E-state index contributed by atoms with van der Waals surface area (Å²) in [7, 11) is -3.41. The van der Waals surface area contributed by atoms with E-state index in [0.29, 0.717) is 24.2 Å². The fourth-order valence-corrected chi connectivity index (χ4v) is 2.05. The molecule has 100 valence electrons. The Kier molecular flexibility index (Phi) is 4.69. The molecule has 6 nitrogen and oxygen atoms in total. The van der Waals surface area contributed by atoms with Gasteiger partial charge in [-0.1, -0.05) is 0 Å². The molecule has 0 aliphatic carbocycles. The van der Waals surface area contributed by atoms with Crippen molar-refractivity contribution in [1.29, 1.82) is 0 Å². The summed E-state index contributed by atoms with van der Waals surface area (Å²) in [5.74, 6) is -0.158. The van der Waals surface area contributed by atoms with Crippen molar-refractivity contribution in [2.45, 2.75) is 13.3 Å². The fraction of sp³-hybridized carbons (Fsp3) is 0.364. The van der Waals surface area contributed by atoms with E-state index < -0.39 is 10.0 Å². The number of Topliss-reactive ketones (excluding diaryl/α,β-unsaturated/α-hetero) is 1. The Labute approximate surface area is 106 Å². The van der Waals surface area contributed by atoms with Gasteiger partial charge in [0, 0.05) is 23.5 Å². The zero-order chi connectivity index (χ0) is 13.8. The molecule has 0 heterocycles. The second-order valence-corrected chi connectivity index (χ2v) is 5.74. The SMILES string of the molecule is CC(=O)c1ccc(NCCCS(N)(=O)=O)cc1N. The van der Waals surface area contributed by atoms with Crippen LogP contribution in [-0.4, -0.2) is 26.5 Å². The molecule has 0 saturated carbocycles. The summed E-state index contributed by atoms with van der Waals surface area (Å²) in [6, 6.07) is 5.01. The van der Waals surface area contributed by atoms with Gasteiger partial charge in [0.2, 0.25) is 10.0 Å². The van der Waals surface area contributed by atoms with Crippen LogP contribution < -0.4 is 16.2 Å². The molecule has 5 N–H and O–H groups in total. The third kappa shape index (κ3) is 4.72. The Balaban J connectivity index is 2.54. The number of carbonyl (C=O) groups is 1. The van der Waals surface area contributed by atoms with Crippen molar-refractivity contribution < 1.29 is 13.2 Å². The molecule has 1 aromatic rings. The van der Waals surface area contributed by atoms with Crippen molar-refractivity contribution >= 4 is 27.2 Å². The van der Waals surface area contributed by atoms with E-state index in [0.717, 1.165) is 5.69 Å². The number of carbonyl (C=O) groups excluding carboxylic acids is 1. The zero-order valence-corrected chi connectivity index (χ0v) is 11.0. The second kappa shape index (κ2) is 5.83. The van der Waals surface area contributed by atoms with E-state index in [1.165, 1.54) is 6.92 Å². The lowest BCUT2D eigenvalue weighted by Gasteiger charge is -2.08. The zero-order valence-electron chi connectivity index (χ0n) is 10.1. The highest BCUT2D eigenvalue weighted by molar-refractivity contribution is 7.89. The third-order valence-electron chi connectivity index (χ3n) is 2.37. The quantitative estimate of drug-likeness (QED) is 0.397. The highest BCUT2D eigenvalue weighted by atomic mass is 32.2. The maximum absolute atomic E-state index is 11.2. The Morgan fingerprint density at radius 1 is 1.39 bits per heavy atom. The molecule has 1 aromatic carbocycles. The summed E-state index contributed by atoms with van der Waals surface area (Å²) in [5, 5.41) is 7.89. The summed E-state index contributed by atoms with van der Waals surface area (Å²) in [6.07, 6.45) is 0.410. The average molecular weight is 271 g/mol. The first-order valence-corrected chi connectivity index (χ1v) is 7.16. The van der Waals surface area contributed by atoms with Crippen molar-refractivity contribution in [2.75, 3.05) is 23.3 Å². The number of benzene rings is 1. The molecule has 0 fully saturated rings. The lowest BCUT2D eigenvalue weighted by atomic mass is 10.1. The van der Waals surface area contributed by atoms with E-state index in [9.17, 15) is 13.2 Å². The molecular formula is C11H17N3O3S. The van der Waals surface area contributed by atoms with E-state index >= 15 is 0 Å². The number of nitrogens with two attached hydrogens (primary N) is 2. The van der Waals surface area contributed by atoms with Crippen LogP contribution in [0.1, 0.15) is 23.7 Å². The molecule has 0 saturated heterocycles. The van der Waals surface area contributed by atoms with Crippen molar-refractivity contribution in [3.63, 3.8) is 0 Å². The molecule has 0 aromatic heterocycles. The maximum atomic E-state index is 11.2. The highest BCUT2D eigenvalue weighted by Gasteiger charge is 2.05. The van der Waals surface area contributed by atoms with E-state index in [2.05, 4.69) is 5.32 Å². The number of nitrogens with one attached hydrogen (secondary N) is 1. The van der Waals surface area contributed by atoms with Crippen molar-refractivity contribution in [2.24, 2.45) is 5.14 Å². The summed E-state index contributed by atoms with van der Waals surface area (Å²) >= 11 is 0. The first-order chi connectivity index (χ1) is 8.29. The van der Waals surface area contributed by atoms with E-state index in [-0.39, 0.29) is 11.5 Å². The smallest absolute Gasteiger partial charge is 0.209 e. The van der Waals surface area contributed by atoms with Gasteiger partial charge in [0.25, 0.3) is 0 Å². The molecule has 0 aliphatic heterocycles. The third-order valence-corrected chi connectivity index (χ3v) is 3.22. The number of primary sulfonamides is 1. The van der Waals surface area contributed by atoms with Crippen LogP contribution in [0.25, 0.3) is 0 Å². The summed E-state index contributed by atoms with van der Waals surface area (Å²) < 4.78 is 21.4. The largest absolute Gasteiger partial charge is 0.398 e. The van der Waals surface area contributed by atoms with Crippen LogP contribution in [0.5, 0.6) is 0 Å². The van der Waals surface area contributed by atoms with E-state index in [4.69, 9.17) is 10.9 Å². The van der Waals surface area contributed by atoms with Crippen LogP contribution in [0.3, 0.4) is 0 Å². The van der Waals surface area contributed by atoms with Gasteiger partial charge < -0.3 is 11.1 Å². The molecule has 0 radical (unpaired) electrons. The molecule has 0 bridgehead atoms. The lowest BCUT2D eigenvalue weighted by Crippen LogP contribution is -2.18. The topological polar surface area (TPSA) is 115 Å². The van der Waals surface area contributed by atoms with Crippen molar-refractivity contribution in [1.82, 2.24) is 0 Å². The van der Waals surface area contributed by atoms with Gasteiger partial charge in [-0.2, -0.15) is 0 Å². The molecule has 0 aliphatic rings. The Morgan fingerprint density at radius 2 is 2.06 bits per heavy atom. The van der Waals surface area contributed by atoms with Crippen molar-refractivity contribution in [3.8, 4) is 0 Å². The highest BCUT2D eigenvalue weighted by Crippen LogP contribution is 2.18. The van der Waals surface area contributed by atoms with Gasteiger partial charge in [-0.15, -0.1) is 0 Å². The van der Waals surface area contributed by atoms with Gasteiger partial charge >= 0.3 is 0 Å². The van der Waals surface area contributed by atoms with Crippen LogP contribution in [0.15, 0.2) is 18.2 Å². The Morgan fingerprint density at radius 3 is 2.56 bits per heavy atom. The minimum atomic E-state index is -3.41. The lowest BCUT2D eigenvalue weighted by molar-refractivity contribution is 0.101. The van der Waals surface area contributed by atoms with Gasteiger partial charge in [0.15, 0.2) is 5.78 Å². The van der Waals surface area contributed by atoms with Crippen LogP contribution in [0.4, 0.5) is 11.4 Å². The average Bonchev–Trinajstić information content (AvgIpc) is 2.22. The number of hydrogen-bond acceptors (Lipinski definition) is 5. The van der Waals surface area contributed by atoms with Crippen LogP contribution in [0, 0.1) is 0 Å². The normalized spacial score (nSPS) is 11.2. The number of rotatable bonds is 6. The van der Waals surface area contributed by atoms with Crippen LogP contribution >= 0.6 is 0 Å². The van der Waals surface area contributed by atoms with Crippen molar-refractivity contribution in [3.05, 3.63) is 23.8 Å². The standard InChI is InChI=1S/C11H17N3O3S/c1-8(15)10-4-3-9(7-11(10)12)14-5-2-6-18(13,16)17/h3-4,7,14H,2,5-6,12H2,1H3,(H2,13,16,17). The first kappa shape index (κ1) is 14.5. The van der Waals surface area contributed by atoms with E-state index in [1.54, 1.807) is 18.2 Å². The number of sulfonamides is 1.